The van der Waals surface area contributed by atoms with Crippen molar-refractivity contribution in [1.29, 1.82) is 0 Å². The molecule has 0 aromatic carbocycles. The van der Waals surface area contributed by atoms with Crippen molar-refractivity contribution in [3.05, 3.63) is 22.4 Å². The van der Waals surface area contributed by atoms with E-state index in [4.69, 9.17) is 5.11 Å². The number of amides is 2. The van der Waals surface area contributed by atoms with Crippen LogP contribution in [0.25, 0.3) is 0 Å². The first kappa shape index (κ1) is 14.0. The van der Waals surface area contributed by atoms with Crippen LogP contribution in [0, 0.1) is 0 Å². The summed E-state index contributed by atoms with van der Waals surface area (Å²) in [7, 11) is 0. The Morgan fingerprint density at radius 1 is 1.41 bits per heavy atom. The van der Waals surface area contributed by atoms with Gasteiger partial charge in [0.15, 0.2) is 0 Å². The van der Waals surface area contributed by atoms with Crippen molar-refractivity contribution in [2.45, 2.75) is 38.8 Å². The molecule has 4 nitrogen and oxygen atoms in total. The number of aliphatic hydroxyl groups excluding tert-OH is 1. The number of hydrogen-bond acceptors (Lipinski definition) is 3. The molecule has 2 atom stereocenters. The highest BCUT2D eigenvalue weighted by molar-refractivity contribution is 7.10. The standard InChI is InChI=1S/C12H20N2O2S/c1-3-9(8-15)13-12(16)14-10(4-2)11-6-5-7-17-11/h5-7,9-10,15H,3-4,8H2,1-2H3,(H2,13,14,16). The molecule has 2 unspecified atom stereocenters. The van der Waals surface area contributed by atoms with E-state index in [1.54, 1.807) is 11.3 Å². The summed E-state index contributed by atoms with van der Waals surface area (Å²) in [5.41, 5.74) is 0. The van der Waals surface area contributed by atoms with Gasteiger partial charge in [-0.2, -0.15) is 0 Å². The Kier molecular flexibility index (Phi) is 6.00. The van der Waals surface area contributed by atoms with E-state index in [1.807, 2.05) is 31.4 Å². The predicted molar refractivity (Wildman–Crippen MR) is 70.2 cm³/mol. The van der Waals surface area contributed by atoms with Crippen LogP contribution in [-0.2, 0) is 0 Å². The van der Waals surface area contributed by atoms with Gasteiger partial charge in [0.1, 0.15) is 0 Å². The molecule has 0 radical (unpaired) electrons. The molecular formula is C12H20N2O2S. The van der Waals surface area contributed by atoms with Gasteiger partial charge in [0, 0.05) is 4.88 Å². The Balaban J connectivity index is 2.49. The van der Waals surface area contributed by atoms with Gasteiger partial charge >= 0.3 is 6.03 Å². The lowest BCUT2D eigenvalue weighted by molar-refractivity contribution is 0.212. The SMILES string of the molecule is CCC(CO)NC(=O)NC(CC)c1cccs1. The van der Waals surface area contributed by atoms with Gasteiger partial charge in [0.2, 0.25) is 0 Å². The van der Waals surface area contributed by atoms with Gasteiger partial charge in [0.25, 0.3) is 0 Å². The third-order valence-electron chi connectivity index (χ3n) is 2.65. The minimum absolute atomic E-state index is 0.0281. The number of aliphatic hydroxyl groups is 1. The van der Waals surface area contributed by atoms with Crippen molar-refractivity contribution in [2.75, 3.05) is 6.61 Å². The largest absolute Gasteiger partial charge is 0.394 e. The van der Waals surface area contributed by atoms with Crippen molar-refractivity contribution < 1.29 is 9.90 Å². The molecule has 0 bridgehead atoms. The van der Waals surface area contributed by atoms with E-state index in [-0.39, 0.29) is 24.7 Å². The number of nitrogens with one attached hydrogen (secondary N) is 2. The van der Waals surface area contributed by atoms with Gasteiger partial charge in [0.05, 0.1) is 18.7 Å². The van der Waals surface area contributed by atoms with Crippen LogP contribution in [0.3, 0.4) is 0 Å². The third kappa shape index (κ3) is 4.36. The van der Waals surface area contributed by atoms with E-state index in [0.717, 1.165) is 17.7 Å². The highest BCUT2D eigenvalue weighted by Gasteiger charge is 2.15. The molecule has 0 aliphatic carbocycles. The molecule has 0 saturated carbocycles. The van der Waals surface area contributed by atoms with Crippen LogP contribution in [-0.4, -0.2) is 23.8 Å². The average Bonchev–Trinajstić information content (AvgIpc) is 2.86. The second-order valence-corrected chi connectivity index (χ2v) is 4.86. The fraction of sp³-hybridized carbons (Fsp3) is 0.583. The van der Waals surface area contributed by atoms with Crippen LogP contribution in [0.5, 0.6) is 0 Å². The Morgan fingerprint density at radius 2 is 2.18 bits per heavy atom. The minimum Gasteiger partial charge on any atom is -0.394 e. The first-order valence-corrected chi connectivity index (χ1v) is 6.80. The maximum Gasteiger partial charge on any atom is 0.315 e. The van der Waals surface area contributed by atoms with Crippen LogP contribution in [0.2, 0.25) is 0 Å². The molecule has 1 heterocycles. The van der Waals surface area contributed by atoms with E-state index >= 15 is 0 Å². The smallest absolute Gasteiger partial charge is 0.315 e. The summed E-state index contributed by atoms with van der Waals surface area (Å²) in [6, 6.07) is 3.65. The van der Waals surface area contributed by atoms with Gasteiger partial charge < -0.3 is 15.7 Å². The van der Waals surface area contributed by atoms with E-state index in [0.29, 0.717) is 0 Å². The van der Waals surface area contributed by atoms with Gasteiger partial charge in [-0.05, 0) is 24.3 Å². The number of carbonyl (C=O) groups excluding carboxylic acids is 1. The predicted octanol–water partition coefficient (Wildman–Crippen LogP) is 2.27. The number of rotatable bonds is 6. The van der Waals surface area contributed by atoms with Crippen LogP contribution >= 0.6 is 11.3 Å². The van der Waals surface area contributed by atoms with E-state index < -0.39 is 0 Å². The van der Waals surface area contributed by atoms with Crippen molar-refractivity contribution in [3.63, 3.8) is 0 Å². The molecule has 0 spiro atoms. The number of thiophene rings is 1. The quantitative estimate of drug-likeness (QED) is 0.731. The maximum absolute atomic E-state index is 11.7. The van der Waals surface area contributed by atoms with Gasteiger partial charge in [-0.25, -0.2) is 4.79 Å². The first-order valence-electron chi connectivity index (χ1n) is 5.92. The van der Waals surface area contributed by atoms with E-state index in [9.17, 15) is 4.79 Å². The second-order valence-electron chi connectivity index (χ2n) is 3.88. The maximum atomic E-state index is 11.7. The summed E-state index contributed by atoms with van der Waals surface area (Å²) >= 11 is 1.64. The van der Waals surface area contributed by atoms with Crippen LogP contribution in [0.1, 0.15) is 37.6 Å². The summed E-state index contributed by atoms with van der Waals surface area (Å²) in [4.78, 5) is 12.9. The zero-order chi connectivity index (χ0) is 12.7. The molecule has 0 aliphatic heterocycles. The second kappa shape index (κ2) is 7.29. The molecule has 2 amide bonds. The van der Waals surface area contributed by atoms with Gasteiger partial charge in [-0.15, -0.1) is 11.3 Å². The zero-order valence-electron chi connectivity index (χ0n) is 10.3. The molecule has 1 aromatic rings. The van der Waals surface area contributed by atoms with Gasteiger partial charge in [-0.1, -0.05) is 19.9 Å². The summed E-state index contributed by atoms with van der Waals surface area (Å²) < 4.78 is 0. The molecule has 0 saturated heterocycles. The van der Waals surface area contributed by atoms with Crippen LogP contribution < -0.4 is 10.6 Å². The molecule has 96 valence electrons. The normalized spacial score (nSPS) is 14.1. The molecule has 5 heteroatoms. The summed E-state index contributed by atoms with van der Waals surface area (Å²) in [6.45, 7) is 3.94. The van der Waals surface area contributed by atoms with Crippen LogP contribution in [0.15, 0.2) is 17.5 Å². The molecule has 0 fully saturated rings. The Hall–Kier alpha value is -1.07. The number of hydrogen-bond donors (Lipinski definition) is 3. The highest BCUT2D eigenvalue weighted by Crippen LogP contribution is 2.21. The van der Waals surface area contributed by atoms with E-state index in [2.05, 4.69) is 10.6 Å². The summed E-state index contributed by atoms with van der Waals surface area (Å²) in [5.74, 6) is 0. The van der Waals surface area contributed by atoms with Crippen molar-refractivity contribution in [1.82, 2.24) is 10.6 Å². The van der Waals surface area contributed by atoms with E-state index in [1.165, 1.54) is 0 Å². The molecule has 1 rings (SSSR count). The Bertz CT molecular complexity index is 323. The first-order chi connectivity index (χ1) is 8.21. The Labute approximate surface area is 106 Å². The average molecular weight is 256 g/mol. The zero-order valence-corrected chi connectivity index (χ0v) is 11.1. The van der Waals surface area contributed by atoms with Gasteiger partial charge in [-0.3, -0.25) is 0 Å². The Morgan fingerprint density at radius 3 is 2.65 bits per heavy atom. The summed E-state index contributed by atoms with van der Waals surface area (Å²) in [6.07, 6.45) is 1.57. The lowest BCUT2D eigenvalue weighted by Gasteiger charge is -2.19. The topological polar surface area (TPSA) is 61.4 Å². The lowest BCUT2D eigenvalue weighted by atomic mass is 10.2. The molecule has 0 aliphatic rings. The monoisotopic (exact) mass is 256 g/mol. The van der Waals surface area contributed by atoms with Crippen molar-refractivity contribution in [2.24, 2.45) is 0 Å². The summed E-state index contributed by atoms with van der Waals surface area (Å²) in [5, 5.41) is 16.7. The van der Waals surface area contributed by atoms with Crippen LogP contribution in [0.4, 0.5) is 4.79 Å². The van der Waals surface area contributed by atoms with Crippen molar-refractivity contribution >= 4 is 17.4 Å². The fourth-order valence-corrected chi connectivity index (χ4v) is 2.39. The number of urea groups is 1. The third-order valence-corrected chi connectivity index (χ3v) is 3.63. The van der Waals surface area contributed by atoms with Crippen molar-refractivity contribution in [3.8, 4) is 0 Å². The highest BCUT2D eigenvalue weighted by atomic mass is 32.1. The minimum atomic E-state index is -0.217. The molecule has 17 heavy (non-hydrogen) atoms. The molecule has 1 aromatic heterocycles. The molecular weight excluding hydrogens is 236 g/mol. The lowest BCUT2D eigenvalue weighted by Crippen LogP contribution is -2.44. The molecule has 3 N–H and O–H groups in total. The number of carbonyl (C=O) groups is 1. The fourth-order valence-electron chi connectivity index (χ4n) is 1.53.